The first-order valence-corrected chi connectivity index (χ1v) is 4.49. The molecule has 1 aromatic heterocycles. The van der Waals surface area contributed by atoms with Crippen molar-refractivity contribution in [2.24, 2.45) is 0 Å². The van der Waals surface area contributed by atoms with E-state index in [2.05, 4.69) is 0 Å². The van der Waals surface area contributed by atoms with Crippen molar-refractivity contribution in [3.63, 3.8) is 0 Å². The van der Waals surface area contributed by atoms with E-state index in [1.54, 1.807) is 13.3 Å². The maximum atomic E-state index is 9.47. The van der Waals surface area contributed by atoms with Gasteiger partial charge >= 0.3 is 0 Å². The lowest BCUT2D eigenvalue weighted by Gasteiger charge is -2.07. The van der Waals surface area contributed by atoms with E-state index >= 15 is 0 Å². The maximum absolute atomic E-state index is 9.47. The molecule has 0 saturated heterocycles. The summed E-state index contributed by atoms with van der Waals surface area (Å²) in [5, 5.41) is 9.47. The number of halogens is 1. The number of aromatic nitrogens is 1. The summed E-state index contributed by atoms with van der Waals surface area (Å²) in [7, 11) is 1.61. The van der Waals surface area contributed by atoms with E-state index in [-0.39, 0.29) is 5.88 Å². The maximum Gasteiger partial charge on any atom is 0.255 e. The van der Waals surface area contributed by atoms with Crippen molar-refractivity contribution in [3.05, 3.63) is 23.0 Å². The summed E-state index contributed by atoms with van der Waals surface area (Å²) in [5.74, 6) is 1.04. The van der Waals surface area contributed by atoms with Gasteiger partial charge in [0.15, 0.2) is 0 Å². The van der Waals surface area contributed by atoms with Gasteiger partial charge in [-0.05, 0) is 13.8 Å². The van der Waals surface area contributed by atoms with Gasteiger partial charge < -0.3 is 4.74 Å². The summed E-state index contributed by atoms with van der Waals surface area (Å²) >= 11 is 5.68. The average molecular weight is 203 g/mol. The van der Waals surface area contributed by atoms with E-state index in [9.17, 15) is 5.21 Å². The molecule has 0 aliphatic rings. The standard InChI is InChI=1S/C9H13ClNO2/c1-6-5-11(12)8(4-10)7(2)9(6)13-3/h5,12H,4H2,1-3H3/q+1. The quantitative estimate of drug-likeness (QED) is 0.449. The zero-order valence-corrected chi connectivity index (χ0v) is 8.72. The topological polar surface area (TPSA) is 33.3 Å². The van der Waals surface area contributed by atoms with Gasteiger partial charge in [0.05, 0.1) is 18.2 Å². The average Bonchev–Trinajstić information content (AvgIpc) is 2.04. The van der Waals surface area contributed by atoms with Crippen LogP contribution in [0.3, 0.4) is 0 Å². The number of hydrogen-bond donors (Lipinski definition) is 1. The van der Waals surface area contributed by atoms with Gasteiger partial charge in [-0.15, -0.1) is 11.6 Å². The highest BCUT2D eigenvalue weighted by atomic mass is 35.5. The van der Waals surface area contributed by atoms with Crippen LogP contribution in [-0.4, -0.2) is 12.3 Å². The van der Waals surface area contributed by atoms with Crippen LogP contribution >= 0.6 is 11.6 Å². The van der Waals surface area contributed by atoms with Crippen molar-refractivity contribution in [1.29, 1.82) is 0 Å². The minimum absolute atomic E-state index is 0.263. The Morgan fingerprint density at radius 1 is 1.54 bits per heavy atom. The van der Waals surface area contributed by atoms with Crippen LogP contribution in [0.4, 0.5) is 0 Å². The summed E-state index contributed by atoms with van der Waals surface area (Å²) in [6, 6.07) is 0. The molecule has 0 fully saturated rings. The van der Waals surface area contributed by atoms with E-state index in [0.717, 1.165) is 21.6 Å². The summed E-state index contributed by atoms with van der Waals surface area (Å²) < 4.78 is 6.23. The number of nitrogens with zero attached hydrogens (tertiary/aromatic N) is 1. The van der Waals surface area contributed by atoms with E-state index in [1.807, 2.05) is 13.8 Å². The predicted molar refractivity (Wildman–Crippen MR) is 49.4 cm³/mol. The molecule has 0 amide bonds. The molecule has 72 valence electrons. The molecule has 0 aliphatic heterocycles. The molecule has 0 aliphatic carbocycles. The minimum atomic E-state index is 0.263. The number of alkyl halides is 1. The first kappa shape index (κ1) is 10.1. The van der Waals surface area contributed by atoms with Gasteiger partial charge in [0.2, 0.25) is 6.20 Å². The van der Waals surface area contributed by atoms with Crippen LogP contribution in [0.25, 0.3) is 0 Å². The fraction of sp³-hybridized carbons (Fsp3) is 0.444. The molecule has 1 rings (SSSR count). The zero-order valence-electron chi connectivity index (χ0n) is 7.97. The lowest BCUT2D eigenvalue weighted by Crippen LogP contribution is -2.36. The normalized spacial score (nSPS) is 10.2. The Hall–Kier alpha value is -0.960. The van der Waals surface area contributed by atoms with E-state index in [1.165, 1.54) is 0 Å². The molecule has 0 bridgehead atoms. The molecular weight excluding hydrogens is 190 g/mol. The number of aryl methyl sites for hydroxylation is 1. The largest absolute Gasteiger partial charge is 0.496 e. The second-order valence-electron chi connectivity index (χ2n) is 2.90. The smallest absolute Gasteiger partial charge is 0.255 e. The molecule has 0 spiro atoms. The van der Waals surface area contributed by atoms with Gasteiger partial charge in [0, 0.05) is 4.73 Å². The number of pyridine rings is 1. The number of ether oxygens (including phenoxy) is 1. The Morgan fingerprint density at radius 2 is 2.15 bits per heavy atom. The van der Waals surface area contributed by atoms with Crippen LogP contribution in [0, 0.1) is 13.8 Å². The SMILES string of the molecule is COc1c(C)c[n+](O)c(CCl)c1C. The van der Waals surface area contributed by atoms with Crippen molar-refractivity contribution in [2.75, 3.05) is 7.11 Å². The molecule has 0 atom stereocenters. The van der Waals surface area contributed by atoms with Crippen molar-refractivity contribution >= 4 is 11.6 Å². The number of methoxy groups -OCH3 is 1. The van der Waals surface area contributed by atoms with E-state index in [4.69, 9.17) is 16.3 Å². The van der Waals surface area contributed by atoms with Gasteiger partial charge in [-0.2, -0.15) is 0 Å². The van der Waals surface area contributed by atoms with Crippen LogP contribution in [-0.2, 0) is 5.88 Å². The minimum Gasteiger partial charge on any atom is -0.496 e. The molecule has 0 saturated carbocycles. The third-order valence-corrected chi connectivity index (χ3v) is 2.31. The molecule has 0 unspecified atom stereocenters. The Bertz CT molecular complexity index is 298. The summed E-state index contributed by atoms with van der Waals surface area (Å²) in [5.41, 5.74) is 2.42. The highest BCUT2D eigenvalue weighted by molar-refractivity contribution is 6.16. The number of rotatable bonds is 2. The van der Waals surface area contributed by atoms with Crippen LogP contribution < -0.4 is 9.47 Å². The monoisotopic (exact) mass is 202 g/mol. The molecule has 1 aromatic rings. The van der Waals surface area contributed by atoms with Crippen LogP contribution in [0.15, 0.2) is 6.20 Å². The zero-order chi connectivity index (χ0) is 10.0. The summed E-state index contributed by atoms with van der Waals surface area (Å²) in [6.07, 6.45) is 1.59. The molecule has 3 nitrogen and oxygen atoms in total. The van der Waals surface area contributed by atoms with Crippen molar-refractivity contribution in [2.45, 2.75) is 19.7 Å². The van der Waals surface area contributed by atoms with E-state index < -0.39 is 0 Å². The van der Waals surface area contributed by atoms with Crippen molar-refractivity contribution in [3.8, 4) is 5.75 Å². The molecule has 1 heterocycles. The van der Waals surface area contributed by atoms with Gasteiger partial charge in [-0.3, -0.25) is 5.21 Å². The highest BCUT2D eigenvalue weighted by Crippen LogP contribution is 2.23. The lowest BCUT2D eigenvalue weighted by molar-refractivity contribution is -0.909. The van der Waals surface area contributed by atoms with Crippen molar-refractivity contribution < 1.29 is 14.7 Å². The van der Waals surface area contributed by atoms with Crippen LogP contribution in [0.2, 0.25) is 0 Å². The Balaban J connectivity index is 3.39. The summed E-state index contributed by atoms with van der Waals surface area (Å²) in [4.78, 5) is 0. The molecule has 13 heavy (non-hydrogen) atoms. The Kier molecular flexibility index (Phi) is 2.98. The molecule has 0 aromatic carbocycles. The van der Waals surface area contributed by atoms with Crippen molar-refractivity contribution in [1.82, 2.24) is 0 Å². The van der Waals surface area contributed by atoms with Gasteiger partial charge in [-0.1, -0.05) is 0 Å². The lowest BCUT2D eigenvalue weighted by atomic mass is 10.1. The third-order valence-electron chi connectivity index (χ3n) is 2.05. The molecule has 1 N–H and O–H groups in total. The van der Waals surface area contributed by atoms with E-state index in [0.29, 0.717) is 5.69 Å². The molecular formula is C9H13ClNO2+. The second kappa shape index (κ2) is 3.83. The summed E-state index contributed by atoms with van der Waals surface area (Å²) in [6.45, 7) is 3.74. The second-order valence-corrected chi connectivity index (χ2v) is 3.16. The Labute approximate surface area is 82.5 Å². The first-order chi connectivity index (χ1) is 6.11. The first-order valence-electron chi connectivity index (χ1n) is 3.95. The van der Waals surface area contributed by atoms with Gasteiger partial charge in [0.1, 0.15) is 11.6 Å². The number of hydrogen-bond acceptors (Lipinski definition) is 2. The Morgan fingerprint density at radius 3 is 2.62 bits per heavy atom. The van der Waals surface area contributed by atoms with Crippen LogP contribution in [0.1, 0.15) is 16.8 Å². The van der Waals surface area contributed by atoms with Crippen LogP contribution in [0.5, 0.6) is 5.75 Å². The molecule has 4 heteroatoms. The fourth-order valence-corrected chi connectivity index (χ4v) is 1.72. The van der Waals surface area contributed by atoms with Gasteiger partial charge in [-0.25, -0.2) is 0 Å². The van der Waals surface area contributed by atoms with Gasteiger partial charge in [0.25, 0.3) is 5.69 Å². The fourth-order valence-electron chi connectivity index (χ4n) is 1.39. The highest BCUT2D eigenvalue weighted by Gasteiger charge is 2.19. The molecule has 0 radical (unpaired) electrons. The third kappa shape index (κ3) is 1.70. The predicted octanol–water partition coefficient (Wildman–Crippen LogP) is 1.58.